The molecule has 1 aliphatic rings. The summed E-state index contributed by atoms with van der Waals surface area (Å²) < 4.78 is 1.77. The van der Waals surface area contributed by atoms with Crippen LogP contribution in [-0.2, 0) is 0 Å². The van der Waals surface area contributed by atoms with Crippen LogP contribution in [0, 0.1) is 0 Å². The summed E-state index contributed by atoms with van der Waals surface area (Å²) in [7, 11) is 2.14. The number of hydrogen-bond donors (Lipinski definition) is 2. The van der Waals surface area contributed by atoms with Crippen molar-refractivity contribution in [2.75, 3.05) is 51.6 Å². The van der Waals surface area contributed by atoms with E-state index in [1.54, 1.807) is 23.1 Å². The normalized spacial score (nSPS) is 14.8. The first-order valence-electron chi connectivity index (χ1n) is 11.7. The Bertz CT molecular complexity index is 1310. The van der Waals surface area contributed by atoms with E-state index in [1.807, 2.05) is 48.5 Å². The van der Waals surface area contributed by atoms with Crippen molar-refractivity contribution in [1.82, 2.24) is 29.9 Å². The summed E-state index contributed by atoms with van der Waals surface area (Å²) in [6.45, 7) is 5.70. The van der Waals surface area contributed by atoms with Crippen LogP contribution in [0.25, 0.3) is 16.7 Å². The van der Waals surface area contributed by atoms with Crippen molar-refractivity contribution < 1.29 is 4.79 Å². The molecule has 2 aromatic heterocycles. The highest BCUT2D eigenvalue weighted by atomic mass is 35.5. The summed E-state index contributed by atoms with van der Waals surface area (Å²) in [4.78, 5) is 21.7. The van der Waals surface area contributed by atoms with Gasteiger partial charge in [0, 0.05) is 56.5 Å². The molecule has 1 saturated heterocycles. The number of amides is 1. The van der Waals surface area contributed by atoms with Gasteiger partial charge < -0.3 is 15.5 Å². The summed E-state index contributed by atoms with van der Waals surface area (Å²) in [6.07, 6.45) is 3.40. The van der Waals surface area contributed by atoms with E-state index in [9.17, 15) is 4.79 Å². The summed E-state index contributed by atoms with van der Waals surface area (Å²) in [5.74, 6) is 0.541. The van der Waals surface area contributed by atoms with Gasteiger partial charge in [-0.2, -0.15) is 5.10 Å². The van der Waals surface area contributed by atoms with Gasteiger partial charge >= 0.3 is 0 Å². The Morgan fingerprint density at radius 2 is 1.86 bits per heavy atom. The average molecular weight is 490 g/mol. The highest BCUT2D eigenvalue weighted by Crippen LogP contribution is 2.27. The predicted octanol–water partition coefficient (Wildman–Crippen LogP) is 3.79. The molecule has 0 saturated carbocycles. The number of nitrogens with zero attached hydrogens (tertiary/aromatic N) is 5. The van der Waals surface area contributed by atoms with Gasteiger partial charge in [0.05, 0.1) is 28.0 Å². The number of likely N-dealkylation sites (N-methyl/N-ethyl adjacent to an activating group) is 1. The maximum absolute atomic E-state index is 12.5. The molecule has 0 bridgehead atoms. The highest BCUT2D eigenvalue weighted by Gasteiger charge is 2.14. The van der Waals surface area contributed by atoms with Crippen molar-refractivity contribution in [1.29, 1.82) is 0 Å². The van der Waals surface area contributed by atoms with Crippen LogP contribution in [-0.4, -0.2) is 76.8 Å². The fourth-order valence-electron chi connectivity index (χ4n) is 4.16. The van der Waals surface area contributed by atoms with Crippen LogP contribution in [0.5, 0.6) is 0 Å². The Balaban J connectivity index is 1.22. The lowest BCUT2D eigenvalue weighted by molar-refractivity contribution is 0.0940. The van der Waals surface area contributed by atoms with E-state index >= 15 is 0 Å². The molecular weight excluding hydrogens is 462 g/mol. The molecule has 5 rings (SSSR count). The maximum Gasteiger partial charge on any atom is 0.252 e. The Hall–Kier alpha value is -3.46. The van der Waals surface area contributed by atoms with Crippen molar-refractivity contribution in [2.45, 2.75) is 0 Å². The van der Waals surface area contributed by atoms with Gasteiger partial charge in [-0.05, 0) is 49.5 Å². The molecule has 0 radical (unpaired) electrons. The molecule has 0 unspecified atom stereocenters. The number of anilines is 2. The van der Waals surface area contributed by atoms with E-state index in [2.05, 4.69) is 37.6 Å². The number of hydrogen-bond acceptors (Lipinski definition) is 6. The molecule has 4 aromatic rings. The molecule has 180 valence electrons. The smallest absolute Gasteiger partial charge is 0.252 e. The number of aromatic nitrogens is 3. The zero-order valence-electron chi connectivity index (χ0n) is 19.6. The van der Waals surface area contributed by atoms with Gasteiger partial charge in [0.25, 0.3) is 5.91 Å². The summed E-state index contributed by atoms with van der Waals surface area (Å²) in [5.41, 5.74) is 3.23. The number of rotatable bonds is 7. The summed E-state index contributed by atoms with van der Waals surface area (Å²) in [6, 6.07) is 17.2. The molecule has 2 aromatic carbocycles. The summed E-state index contributed by atoms with van der Waals surface area (Å²) in [5, 5.41) is 12.5. The lowest BCUT2D eigenvalue weighted by Crippen LogP contribution is -2.46. The number of para-hydroxylation sites is 1. The number of nitrogens with one attached hydrogen (secondary N) is 2. The van der Waals surface area contributed by atoms with Crippen molar-refractivity contribution in [3.8, 4) is 5.82 Å². The van der Waals surface area contributed by atoms with E-state index in [4.69, 9.17) is 11.6 Å². The minimum atomic E-state index is -0.112. The number of carbonyl (C=O) groups is 1. The zero-order valence-corrected chi connectivity index (χ0v) is 20.4. The Morgan fingerprint density at radius 3 is 2.63 bits per heavy atom. The highest BCUT2D eigenvalue weighted by molar-refractivity contribution is 6.33. The number of piperazine rings is 1. The molecule has 3 heterocycles. The molecular formula is C26H28ClN7O. The van der Waals surface area contributed by atoms with Gasteiger partial charge in [0.1, 0.15) is 0 Å². The molecule has 35 heavy (non-hydrogen) atoms. The molecule has 9 heteroatoms. The van der Waals surface area contributed by atoms with Gasteiger partial charge in [0.15, 0.2) is 5.82 Å². The Kier molecular flexibility index (Phi) is 6.94. The van der Waals surface area contributed by atoms with Gasteiger partial charge in [-0.15, -0.1) is 0 Å². The van der Waals surface area contributed by atoms with E-state index < -0.39 is 0 Å². The van der Waals surface area contributed by atoms with Gasteiger partial charge in [-0.25, -0.2) is 9.67 Å². The first kappa shape index (κ1) is 23.3. The topological polar surface area (TPSA) is 78.3 Å². The summed E-state index contributed by atoms with van der Waals surface area (Å²) >= 11 is 6.26. The number of benzene rings is 2. The first-order chi connectivity index (χ1) is 17.1. The molecule has 0 atom stereocenters. The molecule has 2 N–H and O–H groups in total. The van der Waals surface area contributed by atoms with E-state index in [1.165, 1.54) is 0 Å². The van der Waals surface area contributed by atoms with E-state index in [0.717, 1.165) is 55.0 Å². The predicted molar refractivity (Wildman–Crippen MR) is 140 cm³/mol. The number of pyridine rings is 1. The second kappa shape index (κ2) is 10.4. The molecule has 1 aliphatic heterocycles. The van der Waals surface area contributed by atoms with Gasteiger partial charge in [0.2, 0.25) is 0 Å². The first-order valence-corrected chi connectivity index (χ1v) is 12.1. The van der Waals surface area contributed by atoms with Crippen LogP contribution in [0.2, 0.25) is 5.02 Å². The fraction of sp³-hybridized carbons (Fsp3) is 0.269. The van der Waals surface area contributed by atoms with Crippen molar-refractivity contribution >= 4 is 39.8 Å². The fourth-order valence-corrected chi connectivity index (χ4v) is 4.34. The van der Waals surface area contributed by atoms with Crippen LogP contribution in [0.15, 0.2) is 67.0 Å². The van der Waals surface area contributed by atoms with Crippen LogP contribution >= 0.6 is 11.6 Å². The second-order valence-electron chi connectivity index (χ2n) is 8.74. The van der Waals surface area contributed by atoms with Crippen LogP contribution in [0.3, 0.4) is 0 Å². The van der Waals surface area contributed by atoms with Crippen molar-refractivity contribution in [3.05, 3.63) is 77.6 Å². The van der Waals surface area contributed by atoms with Crippen LogP contribution in [0.4, 0.5) is 11.4 Å². The van der Waals surface area contributed by atoms with Crippen LogP contribution < -0.4 is 10.6 Å². The zero-order chi connectivity index (χ0) is 24.2. The third-order valence-electron chi connectivity index (χ3n) is 6.26. The second-order valence-corrected chi connectivity index (χ2v) is 9.15. The van der Waals surface area contributed by atoms with Crippen molar-refractivity contribution in [3.63, 3.8) is 0 Å². The Labute approximate surface area is 209 Å². The SMILES string of the molecule is CN1CCN(CCNC(=O)c2ccc(-n3ncc4cc(Nc5ccccc5Cl)ccc43)nc2)CC1. The molecule has 0 aliphatic carbocycles. The molecule has 1 fully saturated rings. The largest absolute Gasteiger partial charge is 0.354 e. The van der Waals surface area contributed by atoms with Gasteiger partial charge in [-0.1, -0.05) is 23.7 Å². The third kappa shape index (κ3) is 5.45. The molecule has 0 spiro atoms. The quantitative estimate of drug-likeness (QED) is 0.411. The third-order valence-corrected chi connectivity index (χ3v) is 6.59. The van der Waals surface area contributed by atoms with Crippen LogP contribution in [0.1, 0.15) is 10.4 Å². The maximum atomic E-state index is 12.5. The molecule has 1 amide bonds. The average Bonchev–Trinajstić information content (AvgIpc) is 3.30. The number of carbonyl (C=O) groups excluding carboxylic acids is 1. The van der Waals surface area contributed by atoms with Crippen molar-refractivity contribution in [2.24, 2.45) is 0 Å². The minimum Gasteiger partial charge on any atom is -0.354 e. The lowest BCUT2D eigenvalue weighted by atomic mass is 10.2. The number of fused-ring (bicyclic) bond motifs is 1. The minimum absolute atomic E-state index is 0.112. The van der Waals surface area contributed by atoms with Gasteiger partial charge in [-0.3, -0.25) is 9.69 Å². The monoisotopic (exact) mass is 489 g/mol. The Morgan fingerprint density at radius 1 is 1.03 bits per heavy atom. The van der Waals surface area contributed by atoms with E-state index in [0.29, 0.717) is 22.9 Å². The lowest BCUT2D eigenvalue weighted by Gasteiger charge is -2.32. The molecule has 8 nitrogen and oxygen atoms in total. The standard InChI is InChI=1S/C26H28ClN7O/c1-32-12-14-33(15-13-32)11-10-28-26(35)19-6-9-25(29-17-19)34-24-8-7-21(16-20(24)18-30-34)31-23-5-3-2-4-22(23)27/h2-9,16-18,31H,10-15H2,1H3,(H,28,35). The van der Waals surface area contributed by atoms with E-state index in [-0.39, 0.29) is 5.91 Å². The number of halogens is 1.